The summed E-state index contributed by atoms with van der Waals surface area (Å²) in [7, 11) is 3.40. The van der Waals surface area contributed by atoms with Crippen molar-refractivity contribution >= 4 is 23.3 Å². The topological polar surface area (TPSA) is 38.8 Å². The molecule has 0 bridgehead atoms. The molecule has 28 heavy (non-hydrogen) atoms. The maximum Gasteiger partial charge on any atom is 0.246 e. The number of nitrogens with zero attached hydrogens (tertiary/aromatic N) is 1. The summed E-state index contributed by atoms with van der Waals surface area (Å²) in [5.41, 5.74) is 2.07. The Bertz CT molecular complexity index is 920. The molecule has 0 radical (unpaired) electrons. The van der Waals surface area contributed by atoms with E-state index >= 15 is 0 Å². The predicted octanol–water partition coefficient (Wildman–Crippen LogP) is 5.01. The van der Waals surface area contributed by atoms with Gasteiger partial charge in [-0.3, -0.25) is 4.79 Å². The minimum atomic E-state index is -0.0447. The van der Waals surface area contributed by atoms with Crippen LogP contribution in [0.2, 0.25) is 0 Å². The third-order valence-electron chi connectivity index (χ3n) is 4.19. The lowest BCUT2D eigenvalue weighted by Crippen LogP contribution is -2.24. The Balaban J connectivity index is 1.61. The van der Waals surface area contributed by atoms with Crippen LogP contribution < -0.4 is 9.47 Å². The van der Waals surface area contributed by atoms with Gasteiger partial charge < -0.3 is 14.4 Å². The van der Waals surface area contributed by atoms with Gasteiger partial charge >= 0.3 is 0 Å². The molecule has 3 aromatic rings. The van der Waals surface area contributed by atoms with Gasteiger partial charge in [0, 0.05) is 24.5 Å². The highest BCUT2D eigenvalue weighted by molar-refractivity contribution is 7.10. The Morgan fingerprint density at radius 2 is 1.86 bits per heavy atom. The molecule has 1 aromatic heterocycles. The number of ether oxygens (including phenoxy) is 2. The number of rotatable bonds is 8. The highest BCUT2D eigenvalue weighted by Crippen LogP contribution is 2.29. The van der Waals surface area contributed by atoms with Crippen LogP contribution in [0.15, 0.2) is 72.1 Å². The maximum absolute atomic E-state index is 12.3. The third kappa shape index (κ3) is 5.47. The Morgan fingerprint density at radius 3 is 2.57 bits per heavy atom. The number of thiophene rings is 1. The normalized spacial score (nSPS) is 10.8. The van der Waals surface area contributed by atoms with Gasteiger partial charge in [0.05, 0.1) is 7.11 Å². The number of carbonyl (C=O) groups is 1. The minimum Gasteiger partial charge on any atom is -0.493 e. The summed E-state index contributed by atoms with van der Waals surface area (Å²) in [6.07, 6.45) is 3.44. The average molecular weight is 394 g/mol. The lowest BCUT2D eigenvalue weighted by atomic mass is 10.2. The van der Waals surface area contributed by atoms with Gasteiger partial charge in [-0.25, -0.2) is 0 Å². The first-order chi connectivity index (χ1) is 13.7. The van der Waals surface area contributed by atoms with Gasteiger partial charge in [-0.2, -0.15) is 0 Å². The van der Waals surface area contributed by atoms with Crippen molar-refractivity contribution in [2.75, 3.05) is 14.2 Å². The molecule has 0 atom stereocenters. The fraction of sp³-hybridized carbons (Fsp3) is 0.174. The Morgan fingerprint density at radius 1 is 1.04 bits per heavy atom. The number of hydrogen-bond acceptors (Lipinski definition) is 4. The molecule has 1 amide bonds. The molecule has 3 rings (SSSR count). The first kappa shape index (κ1) is 19.7. The number of carbonyl (C=O) groups excluding carboxylic acids is 1. The lowest BCUT2D eigenvalue weighted by molar-refractivity contribution is -0.125. The van der Waals surface area contributed by atoms with Gasteiger partial charge in [0.15, 0.2) is 11.5 Å². The van der Waals surface area contributed by atoms with E-state index in [4.69, 9.17) is 9.47 Å². The Kier molecular flexibility index (Phi) is 6.87. The Hall–Kier alpha value is -3.05. The van der Waals surface area contributed by atoms with Gasteiger partial charge in [-0.1, -0.05) is 42.5 Å². The summed E-state index contributed by atoms with van der Waals surface area (Å²) in [5.74, 6) is 1.29. The van der Waals surface area contributed by atoms with Crippen LogP contribution in [0.1, 0.15) is 16.0 Å². The fourth-order valence-corrected chi connectivity index (χ4v) is 3.30. The van der Waals surface area contributed by atoms with Crippen LogP contribution in [0, 0.1) is 0 Å². The highest BCUT2D eigenvalue weighted by atomic mass is 32.1. The molecule has 0 fully saturated rings. The SMILES string of the molecule is COc1cc(CN(C)C(=O)/C=C/c2cccs2)ccc1OCc1ccccc1. The first-order valence-electron chi connectivity index (χ1n) is 8.96. The number of hydrogen-bond donors (Lipinski definition) is 0. The van der Waals surface area contributed by atoms with Crippen molar-refractivity contribution in [3.63, 3.8) is 0 Å². The molecule has 144 valence electrons. The first-order valence-corrected chi connectivity index (χ1v) is 9.84. The van der Waals surface area contributed by atoms with Crippen LogP contribution in [0.4, 0.5) is 0 Å². The monoisotopic (exact) mass is 393 g/mol. The van der Waals surface area contributed by atoms with Crippen LogP contribution in [0.3, 0.4) is 0 Å². The molecule has 0 aliphatic heterocycles. The summed E-state index contributed by atoms with van der Waals surface area (Å²) in [6.45, 7) is 0.964. The van der Waals surface area contributed by atoms with E-state index < -0.39 is 0 Å². The second-order valence-corrected chi connectivity index (χ2v) is 7.28. The predicted molar refractivity (Wildman–Crippen MR) is 114 cm³/mol. The number of amides is 1. The summed E-state index contributed by atoms with van der Waals surface area (Å²) in [4.78, 5) is 15.0. The second-order valence-electron chi connectivity index (χ2n) is 6.30. The number of likely N-dealkylation sites (N-methyl/N-ethyl adjacent to an activating group) is 1. The molecule has 0 N–H and O–H groups in total. The average Bonchev–Trinajstić information content (AvgIpc) is 3.25. The molecule has 0 unspecified atom stereocenters. The zero-order valence-corrected chi connectivity index (χ0v) is 16.8. The Labute approximate surface area is 169 Å². The van der Waals surface area contributed by atoms with Gasteiger partial charge in [-0.15, -0.1) is 11.3 Å². The highest BCUT2D eigenvalue weighted by Gasteiger charge is 2.10. The molecule has 2 aromatic carbocycles. The smallest absolute Gasteiger partial charge is 0.246 e. The van der Waals surface area contributed by atoms with Crippen molar-refractivity contribution < 1.29 is 14.3 Å². The zero-order valence-electron chi connectivity index (χ0n) is 16.0. The van der Waals surface area contributed by atoms with E-state index in [9.17, 15) is 4.79 Å². The van der Waals surface area contributed by atoms with Crippen LogP contribution in [0.25, 0.3) is 6.08 Å². The molecule has 0 spiro atoms. The van der Waals surface area contributed by atoms with Crippen LogP contribution in [0.5, 0.6) is 11.5 Å². The van der Waals surface area contributed by atoms with Crippen molar-refractivity contribution in [1.82, 2.24) is 4.90 Å². The molecule has 1 heterocycles. The quantitative estimate of drug-likeness (QED) is 0.505. The molecule has 4 nitrogen and oxygen atoms in total. The van der Waals surface area contributed by atoms with Crippen molar-refractivity contribution in [3.05, 3.63) is 88.1 Å². The second kappa shape index (κ2) is 9.76. The van der Waals surface area contributed by atoms with E-state index in [0.29, 0.717) is 24.7 Å². The third-order valence-corrected chi connectivity index (χ3v) is 5.03. The van der Waals surface area contributed by atoms with Crippen molar-refractivity contribution in [3.8, 4) is 11.5 Å². The van der Waals surface area contributed by atoms with Crippen molar-refractivity contribution in [1.29, 1.82) is 0 Å². The molecular formula is C23H23NO3S. The molecule has 5 heteroatoms. The zero-order chi connectivity index (χ0) is 19.8. The molecule has 0 saturated heterocycles. The van der Waals surface area contributed by atoms with Crippen LogP contribution >= 0.6 is 11.3 Å². The van der Waals surface area contributed by atoms with E-state index in [1.165, 1.54) is 0 Å². The molecule has 0 saturated carbocycles. The number of benzene rings is 2. The number of methoxy groups -OCH3 is 1. The lowest BCUT2D eigenvalue weighted by Gasteiger charge is -2.17. The summed E-state index contributed by atoms with van der Waals surface area (Å²) < 4.78 is 11.4. The van der Waals surface area contributed by atoms with E-state index in [2.05, 4.69) is 0 Å². The van der Waals surface area contributed by atoms with E-state index in [0.717, 1.165) is 16.0 Å². The largest absolute Gasteiger partial charge is 0.493 e. The van der Waals surface area contributed by atoms with Crippen LogP contribution in [-0.4, -0.2) is 25.0 Å². The summed E-state index contributed by atoms with van der Waals surface area (Å²) in [6, 6.07) is 19.7. The van der Waals surface area contributed by atoms with Gasteiger partial charge in [0.25, 0.3) is 0 Å². The van der Waals surface area contributed by atoms with E-state index in [1.54, 1.807) is 36.5 Å². The van der Waals surface area contributed by atoms with E-state index in [1.807, 2.05) is 72.1 Å². The van der Waals surface area contributed by atoms with Gasteiger partial charge in [-0.05, 0) is 40.8 Å². The fourth-order valence-electron chi connectivity index (χ4n) is 2.68. The van der Waals surface area contributed by atoms with Gasteiger partial charge in [0.2, 0.25) is 5.91 Å². The van der Waals surface area contributed by atoms with Crippen molar-refractivity contribution in [2.45, 2.75) is 13.2 Å². The molecule has 0 aliphatic carbocycles. The van der Waals surface area contributed by atoms with E-state index in [-0.39, 0.29) is 5.91 Å². The van der Waals surface area contributed by atoms with Gasteiger partial charge in [0.1, 0.15) is 6.61 Å². The minimum absolute atomic E-state index is 0.0447. The van der Waals surface area contributed by atoms with Crippen molar-refractivity contribution in [2.24, 2.45) is 0 Å². The standard InChI is InChI=1S/C23H23NO3S/c1-24(23(25)13-11-20-9-6-14-28-20)16-19-10-12-21(22(15-19)26-2)27-17-18-7-4-3-5-8-18/h3-15H,16-17H2,1-2H3/b13-11+. The summed E-state index contributed by atoms with van der Waals surface area (Å²) in [5, 5.41) is 1.99. The maximum atomic E-state index is 12.3. The molecular weight excluding hydrogens is 370 g/mol. The van der Waals surface area contributed by atoms with Crippen LogP contribution in [-0.2, 0) is 17.9 Å². The molecule has 0 aliphatic rings. The summed E-state index contributed by atoms with van der Waals surface area (Å²) >= 11 is 1.60.